The largest absolute Gasteiger partial charge is 0.463 e. The number of thioether (sulfide) groups is 5. The quantitative estimate of drug-likeness (QED) is 0.0109. The van der Waals surface area contributed by atoms with Crippen LogP contribution in [0.2, 0.25) is 0 Å². The maximum atomic E-state index is 10.8. The first-order chi connectivity index (χ1) is 49.3. The van der Waals surface area contributed by atoms with Crippen molar-refractivity contribution in [2.75, 3.05) is 204 Å². The third-order valence-electron chi connectivity index (χ3n) is 15.7. The molecule has 0 unspecified atom stereocenters. The van der Waals surface area contributed by atoms with E-state index in [0.29, 0.717) is 46.6 Å². The molecule has 0 amide bonds. The number of nitro benzene ring substituents is 1. The van der Waals surface area contributed by atoms with Crippen LogP contribution in [0.5, 0.6) is 0 Å². The van der Waals surface area contributed by atoms with Gasteiger partial charge in [0.1, 0.15) is 16.6 Å². The van der Waals surface area contributed by atoms with Gasteiger partial charge < -0.3 is 84.3 Å². The molecule has 0 bridgehead atoms. The average Bonchev–Trinajstić information content (AvgIpc) is 0.843. The Morgan fingerprint density at radius 2 is 0.837 bits per heavy atom. The average molecular weight is 1610 g/mol. The minimum absolute atomic E-state index is 0. The Morgan fingerprint density at radius 3 is 1.18 bits per heavy atom. The first kappa shape index (κ1) is 91.8. The number of benzene rings is 5. The van der Waals surface area contributed by atoms with Crippen molar-refractivity contribution in [1.82, 2.24) is 19.6 Å². The van der Waals surface area contributed by atoms with Gasteiger partial charge in [0.05, 0.1) is 57.9 Å². The number of nitro groups is 1. The van der Waals surface area contributed by atoms with Crippen LogP contribution in [0.25, 0.3) is 0 Å². The summed E-state index contributed by atoms with van der Waals surface area (Å²) in [5, 5.41) is 56.9. The number of aliphatic hydroxyl groups excluding tert-OH is 3. The number of furan rings is 3. The lowest BCUT2D eigenvalue weighted by Gasteiger charge is -2.32. The number of hydrogen-bond acceptors (Lipinski definition) is 25. The fourth-order valence-corrected chi connectivity index (χ4v) is 15.6. The van der Waals surface area contributed by atoms with Gasteiger partial charge in [-0.2, -0.15) is 0 Å². The molecule has 28 heteroatoms. The SMILES string of the molecule is Br.CCO.CN(C)CCN1CCSc2cc(CC(=N)c3ccco3)ccc21.CN(C)CCN1CCSc2cc(CC(=N)c3ccco3)ccc21.CN(C)CCN1CCSc2cc(N)ccc21.CN(C)CCN1CCSc2cc([N+](=O)[O-])ccc21.CO.CO.Cl.N=C(SCc1ccccc1)c1ccco1. The zero-order valence-electron chi connectivity index (χ0n) is 62.0. The van der Waals surface area contributed by atoms with Gasteiger partial charge in [0.15, 0.2) is 5.76 Å². The number of likely N-dealkylation sites (N-methyl/N-ethyl adjacent to an activating group) is 4. The number of aliphatic hydroxyl groups is 3. The Balaban J connectivity index is 0.000000331. The van der Waals surface area contributed by atoms with Crippen LogP contribution in [0.3, 0.4) is 0 Å². The first-order valence-electron chi connectivity index (χ1n) is 33.8. The summed E-state index contributed by atoms with van der Waals surface area (Å²) < 4.78 is 15.8. The fourth-order valence-electron chi connectivity index (χ4n) is 10.4. The summed E-state index contributed by atoms with van der Waals surface area (Å²) in [5.74, 6) is 7.15. The highest BCUT2D eigenvalue weighted by Gasteiger charge is 2.23. The lowest BCUT2D eigenvalue weighted by molar-refractivity contribution is -0.385. The molecule has 0 saturated carbocycles. The number of nitrogens with zero attached hydrogens (tertiary/aromatic N) is 9. The van der Waals surface area contributed by atoms with E-state index in [0.717, 1.165) is 138 Å². The van der Waals surface area contributed by atoms with Crippen molar-refractivity contribution in [3.8, 4) is 0 Å². The number of fused-ring (bicyclic) bond motifs is 4. The van der Waals surface area contributed by atoms with Gasteiger partial charge in [-0.25, -0.2) is 0 Å². The lowest BCUT2D eigenvalue weighted by atomic mass is 10.1. The predicted molar refractivity (Wildman–Crippen MR) is 451 cm³/mol. The second-order valence-corrected chi connectivity index (χ2v) is 30.0. The zero-order chi connectivity index (χ0) is 74.3. The Hall–Kier alpha value is -6.41. The molecule has 0 atom stereocenters. The Labute approximate surface area is 654 Å². The minimum atomic E-state index is -0.334. The molecule has 5 aromatic carbocycles. The van der Waals surface area contributed by atoms with Crippen LogP contribution in [0.15, 0.2) is 191 Å². The third kappa shape index (κ3) is 32.0. The summed E-state index contributed by atoms with van der Waals surface area (Å²) >= 11 is 8.91. The molecule has 0 fully saturated rings. The van der Waals surface area contributed by atoms with Gasteiger partial charge in [-0.15, -0.1) is 76.4 Å². The number of rotatable bonds is 22. The van der Waals surface area contributed by atoms with E-state index in [9.17, 15) is 10.1 Å². The molecule has 4 aliphatic rings. The van der Waals surface area contributed by atoms with Crippen molar-refractivity contribution in [1.29, 1.82) is 16.2 Å². The van der Waals surface area contributed by atoms with Gasteiger partial charge in [0.25, 0.3) is 5.69 Å². The van der Waals surface area contributed by atoms with Crippen LogP contribution in [0.1, 0.15) is 40.9 Å². The summed E-state index contributed by atoms with van der Waals surface area (Å²) in [7, 11) is 18.8. The van der Waals surface area contributed by atoms with Crippen molar-refractivity contribution >= 4 is 139 Å². The second-order valence-electron chi connectivity index (χ2n) is 24.5. The number of nitrogens with two attached hydrogens (primary N) is 1. The molecule has 104 heavy (non-hydrogen) atoms. The van der Waals surface area contributed by atoms with Crippen LogP contribution in [0, 0.1) is 26.3 Å². The highest BCUT2D eigenvalue weighted by molar-refractivity contribution is 8.93. The van der Waals surface area contributed by atoms with E-state index < -0.39 is 0 Å². The second kappa shape index (κ2) is 51.0. The van der Waals surface area contributed by atoms with Crippen LogP contribution < -0.4 is 25.3 Å². The van der Waals surface area contributed by atoms with E-state index in [1.54, 1.807) is 61.7 Å². The van der Waals surface area contributed by atoms with Gasteiger partial charge in [0.2, 0.25) is 0 Å². The molecule has 21 nitrogen and oxygen atoms in total. The van der Waals surface area contributed by atoms with Crippen molar-refractivity contribution in [3.05, 3.63) is 202 Å². The third-order valence-corrected chi connectivity index (χ3v) is 20.7. The van der Waals surface area contributed by atoms with Crippen molar-refractivity contribution in [3.63, 3.8) is 0 Å². The molecule has 8 N–H and O–H groups in total. The van der Waals surface area contributed by atoms with Crippen molar-refractivity contribution < 1.29 is 33.5 Å². The Kier molecular flexibility index (Phi) is 45.0. The van der Waals surface area contributed by atoms with Gasteiger partial charge in [0, 0.05) is 178 Å². The topological polar surface area (TPSA) is 267 Å². The van der Waals surface area contributed by atoms with Crippen LogP contribution >= 0.6 is 88.2 Å². The van der Waals surface area contributed by atoms with Crippen molar-refractivity contribution in [2.45, 2.75) is 45.1 Å². The molecule has 0 spiro atoms. The summed E-state index contributed by atoms with van der Waals surface area (Å²) in [5.41, 5.74) is 16.6. The molecular weight excluding hydrogens is 1500 g/mol. The van der Waals surface area contributed by atoms with E-state index in [4.69, 9.17) is 50.5 Å². The number of nitrogens with one attached hydrogen (secondary N) is 3. The summed E-state index contributed by atoms with van der Waals surface area (Å²) in [6.07, 6.45) is 6.05. The van der Waals surface area contributed by atoms with Gasteiger partial charge in [-0.3, -0.25) is 15.5 Å². The molecule has 8 aromatic rings. The molecule has 4 aliphatic heterocycles. The van der Waals surface area contributed by atoms with E-state index in [-0.39, 0.29) is 46.6 Å². The van der Waals surface area contributed by atoms with Crippen LogP contribution in [-0.4, -0.2) is 235 Å². The predicted octanol–water partition coefficient (Wildman–Crippen LogP) is 14.3. The first-order valence-corrected chi connectivity index (χ1v) is 38.8. The van der Waals surface area contributed by atoms with E-state index in [1.807, 2.05) is 89.9 Å². The molecule has 0 aliphatic carbocycles. The standard InChI is InChI=1S/2C18H23N3OS.C12H17N3O2S.C12H19N3S.C12H11NOS.C2H6O.2CH4O.BrH.ClH/c2*1-20(2)7-8-21-9-11-23-18-13-14(5-6-16(18)21)12-15(19)17-4-3-10-22-17;1-13(2)5-6-14-7-8-18-12-9-10(15(16)17)3-4-11(12)14;1-14(2)5-6-15-7-8-16-12-9-10(13)3-4-11(12)15;13-12(11-7-4-8-14-11)15-9-10-5-2-1-3-6-10;1-2-3;2*1-2;;/h2*3-6,10,13,19H,7-9,11-12H2,1-2H3;3-4,9H,5-8H2,1-2H3;3-4,9H,5-8,13H2,1-2H3;1-8,13H,9H2;3H,2H2,1H3;2*2H,1H3;2*1H. The molecule has 7 heterocycles. The summed E-state index contributed by atoms with van der Waals surface area (Å²) in [6.45, 7) is 14.6. The maximum absolute atomic E-state index is 10.8. The zero-order valence-corrected chi connectivity index (χ0v) is 68.6. The van der Waals surface area contributed by atoms with Crippen LogP contribution in [0.4, 0.5) is 34.1 Å². The molecule has 3 aromatic heterocycles. The minimum Gasteiger partial charge on any atom is -0.463 e. The monoisotopic (exact) mass is 1610 g/mol. The molecular formula is C76H109BrClN13O8S5. The number of non-ortho nitro benzene ring substituents is 1. The Morgan fingerprint density at radius 1 is 0.500 bits per heavy atom. The van der Waals surface area contributed by atoms with E-state index >= 15 is 0 Å². The lowest BCUT2D eigenvalue weighted by Crippen LogP contribution is -2.35. The van der Waals surface area contributed by atoms with Crippen LogP contribution in [-0.2, 0) is 18.6 Å². The highest BCUT2D eigenvalue weighted by Crippen LogP contribution is 2.40. The molecule has 0 saturated heterocycles. The van der Waals surface area contributed by atoms with E-state index in [1.165, 1.54) is 60.2 Å². The number of nitrogen functional groups attached to an aromatic ring is 1. The smallest absolute Gasteiger partial charge is 0.270 e. The normalized spacial score (nSPS) is 12.9. The summed E-state index contributed by atoms with van der Waals surface area (Å²) in [6, 6.07) is 45.6. The number of anilines is 5. The number of hydrogen-bond donors (Lipinski definition) is 7. The van der Waals surface area contributed by atoms with Gasteiger partial charge in [-0.1, -0.05) is 54.2 Å². The molecule has 570 valence electrons. The number of halogens is 2. The Bertz CT molecular complexity index is 3600. The highest BCUT2D eigenvalue weighted by atomic mass is 79.9. The van der Waals surface area contributed by atoms with E-state index in [2.05, 4.69) is 156 Å². The van der Waals surface area contributed by atoms with Gasteiger partial charge in [-0.05, 0) is 165 Å². The van der Waals surface area contributed by atoms with Gasteiger partial charge >= 0.3 is 0 Å². The molecule has 12 rings (SSSR count). The molecule has 0 radical (unpaired) electrons. The maximum Gasteiger partial charge on any atom is 0.270 e. The summed E-state index contributed by atoms with van der Waals surface area (Å²) in [4.78, 5) is 33.9. The van der Waals surface area contributed by atoms with Crippen molar-refractivity contribution in [2.24, 2.45) is 0 Å². The fraction of sp³-hybridized carbons (Fsp3) is 0.408.